The lowest BCUT2D eigenvalue weighted by molar-refractivity contribution is -0.118. The van der Waals surface area contributed by atoms with Gasteiger partial charge in [0.2, 0.25) is 5.91 Å². The molecule has 2 aromatic rings. The number of amides is 2. The van der Waals surface area contributed by atoms with Crippen LogP contribution >= 0.6 is 0 Å². The lowest BCUT2D eigenvalue weighted by Crippen LogP contribution is -2.44. The van der Waals surface area contributed by atoms with Crippen LogP contribution in [-0.4, -0.2) is 23.0 Å². The predicted octanol–water partition coefficient (Wildman–Crippen LogP) is 2.36. The topological polar surface area (TPSA) is 97.4 Å². The minimum absolute atomic E-state index is 0.166. The van der Waals surface area contributed by atoms with Crippen molar-refractivity contribution in [3.8, 4) is 0 Å². The minimum Gasteiger partial charge on any atom is -0.459 e. The molecule has 0 aromatic carbocycles. The summed E-state index contributed by atoms with van der Waals surface area (Å²) in [5, 5.41) is 9.01. The van der Waals surface area contributed by atoms with Crippen LogP contribution in [0.5, 0.6) is 0 Å². The van der Waals surface area contributed by atoms with Crippen LogP contribution in [0, 0.1) is 12.8 Å². The Bertz CT molecular complexity index is 631. The first-order chi connectivity index (χ1) is 10.5. The van der Waals surface area contributed by atoms with E-state index in [1.54, 1.807) is 25.1 Å². The van der Waals surface area contributed by atoms with Gasteiger partial charge in [0.15, 0.2) is 11.6 Å². The Hall–Kier alpha value is -2.57. The summed E-state index contributed by atoms with van der Waals surface area (Å²) in [6.45, 7) is 5.67. The van der Waals surface area contributed by atoms with Gasteiger partial charge in [0.1, 0.15) is 11.8 Å². The molecule has 2 rings (SSSR count). The van der Waals surface area contributed by atoms with Crippen LogP contribution in [0.2, 0.25) is 0 Å². The summed E-state index contributed by atoms with van der Waals surface area (Å²) in [7, 11) is 0. The second-order valence-electron chi connectivity index (χ2n) is 5.44. The van der Waals surface area contributed by atoms with Gasteiger partial charge in [-0.3, -0.25) is 9.59 Å². The van der Waals surface area contributed by atoms with Crippen molar-refractivity contribution in [3.05, 3.63) is 36.0 Å². The maximum atomic E-state index is 12.3. The molecule has 0 radical (unpaired) electrons. The van der Waals surface area contributed by atoms with Crippen molar-refractivity contribution in [2.45, 2.75) is 33.2 Å². The molecule has 0 aliphatic rings. The summed E-state index contributed by atoms with van der Waals surface area (Å²) in [5.41, 5.74) is 0. The maximum absolute atomic E-state index is 12.3. The highest BCUT2D eigenvalue weighted by Crippen LogP contribution is 2.11. The van der Waals surface area contributed by atoms with Crippen molar-refractivity contribution in [3.63, 3.8) is 0 Å². The van der Waals surface area contributed by atoms with Crippen molar-refractivity contribution in [1.29, 1.82) is 0 Å². The normalized spacial score (nSPS) is 12.2. The molecule has 22 heavy (non-hydrogen) atoms. The Morgan fingerprint density at radius 3 is 2.68 bits per heavy atom. The lowest BCUT2D eigenvalue weighted by atomic mass is 10.0. The highest BCUT2D eigenvalue weighted by Gasteiger charge is 2.24. The zero-order chi connectivity index (χ0) is 16.1. The predicted molar refractivity (Wildman–Crippen MR) is 79.3 cm³/mol. The highest BCUT2D eigenvalue weighted by atomic mass is 16.5. The van der Waals surface area contributed by atoms with Crippen molar-refractivity contribution in [2.75, 3.05) is 5.32 Å². The number of hydrogen-bond donors (Lipinski definition) is 2. The maximum Gasteiger partial charge on any atom is 0.287 e. The minimum atomic E-state index is -0.686. The van der Waals surface area contributed by atoms with Crippen molar-refractivity contribution >= 4 is 17.6 Å². The summed E-state index contributed by atoms with van der Waals surface area (Å²) in [5.74, 6) is 0.536. The molecule has 2 N–H and O–H groups in total. The molecule has 2 amide bonds. The number of carbonyl (C=O) groups is 2. The third-order valence-corrected chi connectivity index (χ3v) is 2.95. The van der Waals surface area contributed by atoms with E-state index in [9.17, 15) is 9.59 Å². The quantitative estimate of drug-likeness (QED) is 0.853. The average molecular weight is 305 g/mol. The fourth-order valence-electron chi connectivity index (χ4n) is 1.98. The van der Waals surface area contributed by atoms with Gasteiger partial charge in [-0.25, -0.2) is 0 Å². The van der Waals surface area contributed by atoms with Crippen molar-refractivity contribution < 1.29 is 18.5 Å². The van der Waals surface area contributed by atoms with Gasteiger partial charge in [-0.2, -0.15) is 0 Å². The third kappa shape index (κ3) is 4.21. The fourth-order valence-corrected chi connectivity index (χ4v) is 1.98. The number of furan rings is 1. The molecule has 118 valence electrons. The highest BCUT2D eigenvalue weighted by molar-refractivity contribution is 5.99. The van der Waals surface area contributed by atoms with Crippen LogP contribution < -0.4 is 10.6 Å². The summed E-state index contributed by atoms with van der Waals surface area (Å²) in [6, 6.07) is 4.08. The van der Waals surface area contributed by atoms with E-state index in [0.717, 1.165) is 0 Å². The number of carbonyl (C=O) groups excluding carboxylic acids is 2. The third-order valence-electron chi connectivity index (χ3n) is 2.95. The van der Waals surface area contributed by atoms with Gasteiger partial charge in [0.25, 0.3) is 5.91 Å². The second-order valence-corrected chi connectivity index (χ2v) is 5.44. The van der Waals surface area contributed by atoms with Gasteiger partial charge >= 0.3 is 0 Å². The molecule has 7 nitrogen and oxygen atoms in total. The number of aromatic nitrogens is 1. The van der Waals surface area contributed by atoms with E-state index in [1.807, 2.05) is 13.8 Å². The lowest BCUT2D eigenvalue weighted by Gasteiger charge is -2.18. The van der Waals surface area contributed by atoms with E-state index >= 15 is 0 Å². The van der Waals surface area contributed by atoms with E-state index < -0.39 is 11.9 Å². The number of hydrogen-bond acceptors (Lipinski definition) is 5. The second kappa shape index (κ2) is 6.93. The fraction of sp³-hybridized carbons (Fsp3) is 0.400. The van der Waals surface area contributed by atoms with Gasteiger partial charge < -0.3 is 19.6 Å². The summed E-state index contributed by atoms with van der Waals surface area (Å²) < 4.78 is 9.93. The standard InChI is InChI=1S/C15H19N3O4/c1-9(2)7-11(16-15(20)12-5-4-6-21-12)14(19)17-13-8-10(3)22-18-13/h4-6,8-9,11H,7H2,1-3H3,(H,16,20)(H,17,18,19)/t11-/m1/s1. The molecule has 0 fully saturated rings. The van der Waals surface area contributed by atoms with E-state index in [2.05, 4.69) is 15.8 Å². The molecule has 2 aromatic heterocycles. The largest absolute Gasteiger partial charge is 0.459 e. The first-order valence-corrected chi connectivity index (χ1v) is 7.04. The summed E-state index contributed by atoms with van der Waals surface area (Å²) in [6.07, 6.45) is 1.90. The van der Waals surface area contributed by atoms with Gasteiger partial charge in [-0.15, -0.1) is 0 Å². The van der Waals surface area contributed by atoms with Crippen LogP contribution in [0.4, 0.5) is 5.82 Å². The molecule has 2 heterocycles. The smallest absolute Gasteiger partial charge is 0.287 e. The monoisotopic (exact) mass is 305 g/mol. The molecule has 0 bridgehead atoms. The number of nitrogens with one attached hydrogen (secondary N) is 2. The van der Waals surface area contributed by atoms with Gasteiger partial charge in [0.05, 0.1) is 6.26 Å². The molecule has 0 aliphatic carbocycles. The number of nitrogens with zero attached hydrogens (tertiary/aromatic N) is 1. The number of anilines is 1. The number of rotatable bonds is 6. The van der Waals surface area contributed by atoms with E-state index in [0.29, 0.717) is 18.0 Å². The molecule has 0 saturated carbocycles. The van der Waals surface area contributed by atoms with Crippen LogP contribution in [0.25, 0.3) is 0 Å². The summed E-state index contributed by atoms with van der Waals surface area (Å²) in [4.78, 5) is 24.4. The Labute approximate surface area is 128 Å². The van der Waals surface area contributed by atoms with Gasteiger partial charge in [-0.05, 0) is 31.4 Å². The SMILES string of the molecule is Cc1cc(NC(=O)[C@@H](CC(C)C)NC(=O)c2ccco2)no1. The van der Waals surface area contributed by atoms with Crippen LogP contribution in [-0.2, 0) is 4.79 Å². The zero-order valence-corrected chi connectivity index (χ0v) is 12.8. The van der Waals surface area contributed by atoms with Crippen LogP contribution in [0.1, 0.15) is 36.6 Å². The number of aryl methyl sites for hydroxylation is 1. The Morgan fingerprint density at radius 1 is 1.36 bits per heavy atom. The molecule has 0 unspecified atom stereocenters. The molecular weight excluding hydrogens is 286 g/mol. The van der Waals surface area contributed by atoms with Gasteiger partial charge in [0, 0.05) is 6.07 Å². The Balaban J connectivity index is 2.04. The summed E-state index contributed by atoms with van der Waals surface area (Å²) >= 11 is 0. The van der Waals surface area contributed by atoms with E-state index in [1.165, 1.54) is 6.26 Å². The van der Waals surface area contributed by atoms with E-state index in [4.69, 9.17) is 8.94 Å². The molecule has 7 heteroatoms. The molecular formula is C15H19N3O4. The molecule has 1 atom stereocenters. The first-order valence-electron chi connectivity index (χ1n) is 7.04. The Morgan fingerprint density at radius 2 is 2.14 bits per heavy atom. The van der Waals surface area contributed by atoms with Crippen LogP contribution in [0.3, 0.4) is 0 Å². The van der Waals surface area contributed by atoms with Gasteiger partial charge in [-0.1, -0.05) is 19.0 Å². The average Bonchev–Trinajstić information content (AvgIpc) is 3.09. The van der Waals surface area contributed by atoms with Crippen molar-refractivity contribution in [1.82, 2.24) is 10.5 Å². The van der Waals surface area contributed by atoms with Crippen molar-refractivity contribution in [2.24, 2.45) is 5.92 Å². The van der Waals surface area contributed by atoms with Crippen LogP contribution in [0.15, 0.2) is 33.4 Å². The van der Waals surface area contributed by atoms with E-state index in [-0.39, 0.29) is 17.6 Å². The molecule has 0 saturated heterocycles. The molecule has 0 spiro atoms. The first kappa shape index (κ1) is 15.8. The molecule has 0 aliphatic heterocycles. The zero-order valence-electron chi connectivity index (χ0n) is 12.8. The Kier molecular flexibility index (Phi) is 4.98.